The normalized spacial score (nSPS) is 30.9. The van der Waals surface area contributed by atoms with Crippen molar-refractivity contribution in [2.24, 2.45) is 0 Å². The monoisotopic (exact) mass is 215 g/mol. The molecule has 0 aromatic rings. The van der Waals surface area contributed by atoms with Gasteiger partial charge in [-0.15, -0.1) is 0 Å². The molecule has 5 nitrogen and oxygen atoms in total. The second kappa shape index (κ2) is 5.85. The first-order valence-electron chi connectivity index (χ1n) is 5.04. The maximum absolute atomic E-state index is 10.8. The molecular weight excluding hydrogens is 198 g/mol. The van der Waals surface area contributed by atoms with Gasteiger partial charge in [-0.1, -0.05) is 13.5 Å². The molecule has 1 saturated heterocycles. The van der Waals surface area contributed by atoms with Gasteiger partial charge in [0.2, 0.25) is 0 Å². The van der Waals surface area contributed by atoms with E-state index in [1.165, 1.54) is 0 Å². The van der Waals surface area contributed by atoms with Crippen LogP contribution in [-0.2, 0) is 19.1 Å². The minimum absolute atomic E-state index is 0.0642. The van der Waals surface area contributed by atoms with E-state index in [0.717, 1.165) is 18.9 Å². The fraction of sp³-hybridized carbons (Fsp3) is 0.700. The van der Waals surface area contributed by atoms with Gasteiger partial charge in [0.05, 0.1) is 12.2 Å². The van der Waals surface area contributed by atoms with E-state index in [1.54, 1.807) is 0 Å². The summed E-state index contributed by atoms with van der Waals surface area (Å²) in [5, 5.41) is 0. The molecule has 0 bridgehead atoms. The Morgan fingerprint density at radius 1 is 1.67 bits per heavy atom. The zero-order valence-corrected chi connectivity index (χ0v) is 9.06. The maximum Gasteiger partial charge on any atom is 0.294 e. The van der Waals surface area contributed by atoms with Crippen LogP contribution in [0.2, 0.25) is 0 Å². The lowest BCUT2D eigenvalue weighted by atomic mass is 10.1. The molecule has 1 aliphatic heterocycles. The van der Waals surface area contributed by atoms with Crippen LogP contribution >= 0.6 is 0 Å². The van der Waals surface area contributed by atoms with Gasteiger partial charge in [0.1, 0.15) is 0 Å². The van der Waals surface area contributed by atoms with Gasteiger partial charge in [-0.05, 0) is 25.8 Å². The number of rotatable bonds is 4. The second-order valence-electron chi connectivity index (χ2n) is 3.43. The molecule has 1 rings (SSSR count). The van der Waals surface area contributed by atoms with Gasteiger partial charge in [-0.2, -0.15) is 0 Å². The molecule has 3 unspecified atom stereocenters. The molecule has 0 radical (unpaired) electrons. The summed E-state index contributed by atoms with van der Waals surface area (Å²) in [4.78, 5) is 15.7. The van der Waals surface area contributed by atoms with Crippen LogP contribution in [-0.4, -0.2) is 24.6 Å². The standard InChI is InChI=1S/C10H17NO4/c1-4-8-6-7(3)13-10(14-8)15-11-9(12)5-2/h5,7-8,10H,2,4,6H2,1,3H3,(H,11,12). The Labute approximate surface area is 89.3 Å². The third-order valence-corrected chi connectivity index (χ3v) is 2.14. The van der Waals surface area contributed by atoms with Crippen LogP contribution < -0.4 is 5.48 Å². The molecule has 0 aromatic heterocycles. The van der Waals surface area contributed by atoms with Crippen molar-refractivity contribution in [1.29, 1.82) is 0 Å². The zero-order chi connectivity index (χ0) is 11.3. The lowest BCUT2D eigenvalue weighted by molar-refractivity contribution is -0.361. The molecule has 0 aliphatic carbocycles. The Morgan fingerprint density at radius 2 is 2.40 bits per heavy atom. The van der Waals surface area contributed by atoms with E-state index in [-0.39, 0.29) is 12.2 Å². The minimum Gasteiger partial charge on any atom is -0.325 e. The summed E-state index contributed by atoms with van der Waals surface area (Å²) in [6.45, 7) is 6.44. The molecule has 1 heterocycles. The predicted octanol–water partition coefficient (Wildman–Crippen LogP) is 1.11. The molecule has 1 fully saturated rings. The van der Waals surface area contributed by atoms with E-state index in [1.807, 2.05) is 13.8 Å². The van der Waals surface area contributed by atoms with Crippen LogP contribution in [0.25, 0.3) is 0 Å². The van der Waals surface area contributed by atoms with E-state index in [0.29, 0.717) is 0 Å². The topological polar surface area (TPSA) is 56.8 Å². The molecule has 0 aromatic carbocycles. The van der Waals surface area contributed by atoms with Crippen molar-refractivity contribution in [2.45, 2.75) is 45.4 Å². The quantitative estimate of drug-likeness (QED) is 0.563. The molecule has 1 N–H and O–H groups in total. The van der Waals surface area contributed by atoms with Crippen LogP contribution in [0.3, 0.4) is 0 Å². The Balaban J connectivity index is 2.34. The van der Waals surface area contributed by atoms with Crippen molar-refractivity contribution >= 4 is 5.91 Å². The summed E-state index contributed by atoms with van der Waals surface area (Å²) in [6.07, 6.45) is 3.02. The number of hydrogen-bond acceptors (Lipinski definition) is 4. The summed E-state index contributed by atoms with van der Waals surface area (Å²) in [5.41, 5.74) is 2.16. The first-order chi connectivity index (χ1) is 7.15. The summed E-state index contributed by atoms with van der Waals surface area (Å²) in [7, 11) is 0. The van der Waals surface area contributed by atoms with Gasteiger partial charge in [0.25, 0.3) is 12.4 Å². The molecular formula is C10H17NO4. The van der Waals surface area contributed by atoms with E-state index >= 15 is 0 Å². The highest BCUT2D eigenvalue weighted by atomic mass is 16.9. The lowest BCUT2D eigenvalue weighted by Gasteiger charge is -2.32. The van der Waals surface area contributed by atoms with Crippen LogP contribution in [0.5, 0.6) is 0 Å². The fourth-order valence-corrected chi connectivity index (χ4v) is 1.33. The van der Waals surface area contributed by atoms with Gasteiger partial charge in [-0.25, -0.2) is 10.3 Å². The maximum atomic E-state index is 10.8. The number of carbonyl (C=O) groups excluding carboxylic acids is 1. The van der Waals surface area contributed by atoms with Crippen LogP contribution in [0.1, 0.15) is 26.7 Å². The number of hydroxylamine groups is 1. The molecule has 0 spiro atoms. The number of nitrogens with one attached hydrogen (secondary N) is 1. The fourth-order valence-electron chi connectivity index (χ4n) is 1.33. The van der Waals surface area contributed by atoms with Crippen molar-refractivity contribution in [1.82, 2.24) is 5.48 Å². The average Bonchev–Trinajstić information content (AvgIpc) is 2.25. The summed E-state index contributed by atoms with van der Waals surface area (Å²) < 4.78 is 10.7. The lowest BCUT2D eigenvalue weighted by Crippen LogP contribution is -2.41. The third-order valence-electron chi connectivity index (χ3n) is 2.14. The van der Waals surface area contributed by atoms with Gasteiger partial charge in [0, 0.05) is 0 Å². The summed E-state index contributed by atoms with van der Waals surface area (Å²) >= 11 is 0. The Morgan fingerprint density at radius 3 is 3.00 bits per heavy atom. The molecule has 1 amide bonds. The first kappa shape index (κ1) is 12.2. The Hall–Kier alpha value is -0.910. The second-order valence-corrected chi connectivity index (χ2v) is 3.43. The third kappa shape index (κ3) is 3.99. The van der Waals surface area contributed by atoms with Crippen molar-refractivity contribution in [3.63, 3.8) is 0 Å². The summed E-state index contributed by atoms with van der Waals surface area (Å²) in [5.74, 6) is -0.423. The SMILES string of the molecule is C=CC(=O)NOC1OC(C)CC(CC)O1. The molecule has 3 atom stereocenters. The average molecular weight is 215 g/mol. The first-order valence-corrected chi connectivity index (χ1v) is 5.04. The van der Waals surface area contributed by atoms with Crippen LogP contribution in [0, 0.1) is 0 Å². The minimum atomic E-state index is -0.831. The Kier molecular flexibility index (Phi) is 4.74. The Bertz CT molecular complexity index is 231. The molecule has 1 aliphatic rings. The number of ether oxygens (including phenoxy) is 2. The number of carbonyl (C=O) groups is 1. The number of hydrogen-bond donors (Lipinski definition) is 1. The highest BCUT2D eigenvalue weighted by Crippen LogP contribution is 2.20. The van der Waals surface area contributed by atoms with Crippen molar-refractivity contribution in [2.75, 3.05) is 0 Å². The number of amides is 1. The van der Waals surface area contributed by atoms with Gasteiger partial charge in [0.15, 0.2) is 0 Å². The van der Waals surface area contributed by atoms with Crippen molar-refractivity contribution in [3.05, 3.63) is 12.7 Å². The molecule has 86 valence electrons. The van der Waals surface area contributed by atoms with Gasteiger partial charge >= 0.3 is 0 Å². The molecule has 15 heavy (non-hydrogen) atoms. The van der Waals surface area contributed by atoms with Gasteiger partial charge in [-0.3, -0.25) is 4.79 Å². The highest BCUT2D eigenvalue weighted by Gasteiger charge is 2.27. The van der Waals surface area contributed by atoms with Gasteiger partial charge < -0.3 is 9.47 Å². The zero-order valence-electron chi connectivity index (χ0n) is 9.06. The predicted molar refractivity (Wildman–Crippen MR) is 53.5 cm³/mol. The van der Waals surface area contributed by atoms with E-state index in [2.05, 4.69) is 12.1 Å². The smallest absolute Gasteiger partial charge is 0.294 e. The van der Waals surface area contributed by atoms with E-state index < -0.39 is 12.4 Å². The van der Waals surface area contributed by atoms with Crippen molar-refractivity contribution < 1.29 is 19.1 Å². The molecule has 0 saturated carbocycles. The van der Waals surface area contributed by atoms with E-state index in [4.69, 9.17) is 14.3 Å². The van der Waals surface area contributed by atoms with E-state index in [9.17, 15) is 4.79 Å². The van der Waals surface area contributed by atoms with Crippen molar-refractivity contribution in [3.8, 4) is 0 Å². The summed E-state index contributed by atoms with van der Waals surface area (Å²) in [6, 6.07) is 0. The van der Waals surface area contributed by atoms with Crippen LogP contribution in [0.15, 0.2) is 12.7 Å². The van der Waals surface area contributed by atoms with Crippen LogP contribution in [0.4, 0.5) is 0 Å². The highest BCUT2D eigenvalue weighted by molar-refractivity contribution is 5.85. The largest absolute Gasteiger partial charge is 0.325 e. The molecule has 5 heteroatoms.